The molecule has 1 aromatic heterocycles. The molecule has 3 N–H and O–H groups in total. The first kappa shape index (κ1) is 14.3. The summed E-state index contributed by atoms with van der Waals surface area (Å²) in [6.07, 6.45) is 3.89. The van der Waals surface area contributed by atoms with E-state index in [0.29, 0.717) is 30.2 Å². The number of hydrogen-bond acceptors (Lipinski definition) is 3. The van der Waals surface area contributed by atoms with Crippen molar-refractivity contribution in [1.82, 2.24) is 10.3 Å². The number of nitrogens with two attached hydrogens (primary N) is 1. The zero-order chi connectivity index (χ0) is 15.4. The van der Waals surface area contributed by atoms with Crippen molar-refractivity contribution in [2.45, 2.75) is 25.4 Å². The van der Waals surface area contributed by atoms with Crippen LogP contribution >= 0.6 is 0 Å². The second-order valence-electron chi connectivity index (χ2n) is 5.15. The topological polar surface area (TPSA) is 72.5 Å². The van der Waals surface area contributed by atoms with Gasteiger partial charge in [0.25, 0.3) is 0 Å². The van der Waals surface area contributed by atoms with E-state index in [1.165, 1.54) is 12.1 Å². The summed E-state index contributed by atoms with van der Waals surface area (Å²) in [7, 11) is 0. The molecule has 0 unspecified atom stereocenters. The molecular formula is C16H17FN4O. The highest BCUT2D eigenvalue weighted by Crippen LogP contribution is 2.24. The van der Waals surface area contributed by atoms with Gasteiger partial charge in [0, 0.05) is 23.9 Å². The second kappa shape index (κ2) is 6.43. The first-order valence-electron chi connectivity index (χ1n) is 7.14. The van der Waals surface area contributed by atoms with Crippen molar-refractivity contribution in [3.8, 4) is 11.6 Å². The molecule has 2 aromatic rings. The maximum atomic E-state index is 13.2. The summed E-state index contributed by atoms with van der Waals surface area (Å²) in [4.78, 5) is 8.46. The van der Waals surface area contributed by atoms with Crippen molar-refractivity contribution in [3.05, 3.63) is 54.0 Å². The number of pyridine rings is 1. The van der Waals surface area contributed by atoms with E-state index in [1.807, 2.05) is 6.07 Å². The highest BCUT2D eigenvalue weighted by atomic mass is 19.1. The van der Waals surface area contributed by atoms with Crippen molar-refractivity contribution in [3.63, 3.8) is 0 Å². The van der Waals surface area contributed by atoms with Crippen molar-refractivity contribution >= 4 is 5.96 Å². The number of halogens is 1. The predicted octanol–water partition coefficient (Wildman–Crippen LogP) is 2.58. The lowest BCUT2D eigenvalue weighted by atomic mass is 10.2. The second-order valence-corrected chi connectivity index (χ2v) is 5.15. The third-order valence-corrected chi connectivity index (χ3v) is 3.21. The molecule has 0 aliphatic heterocycles. The fourth-order valence-corrected chi connectivity index (χ4v) is 1.93. The summed E-state index contributed by atoms with van der Waals surface area (Å²) < 4.78 is 18.8. The van der Waals surface area contributed by atoms with Gasteiger partial charge in [0.05, 0.1) is 6.54 Å². The molecule has 1 heterocycles. The van der Waals surface area contributed by atoms with E-state index in [-0.39, 0.29) is 5.82 Å². The first-order valence-corrected chi connectivity index (χ1v) is 7.14. The number of nitrogens with zero attached hydrogens (tertiary/aromatic N) is 2. The Morgan fingerprint density at radius 3 is 3.00 bits per heavy atom. The molecule has 0 atom stereocenters. The van der Waals surface area contributed by atoms with E-state index in [0.717, 1.165) is 18.4 Å². The minimum absolute atomic E-state index is 0.351. The standard InChI is InChI=1S/C16H17FN4O/c17-12-4-1-5-14(9-12)22-15-11(3-2-8-19-15)10-20-16(18)21-13-6-7-13/h1-5,8-9,13H,6-7,10H2,(H3,18,20,21). The lowest BCUT2D eigenvalue weighted by Gasteiger charge is -2.09. The molecule has 5 nitrogen and oxygen atoms in total. The Bertz CT molecular complexity index is 685. The molecule has 3 rings (SSSR count). The van der Waals surface area contributed by atoms with Crippen LogP contribution in [0.15, 0.2) is 47.6 Å². The van der Waals surface area contributed by atoms with Gasteiger partial charge in [-0.3, -0.25) is 0 Å². The molecule has 1 aromatic carbocycles. The van der Waals surface area contributed by atoms with Gasteiger partial charge in [0.1, 0.15) is 11.6 Å². The maximum absolute atomic E-state index is 13.2. The fraction of sp³-hybridized carbons (Fsp3) is 0.250. The van der Waals surface area contributed by atoms with Crippen LogP contribution in [0.2, 0.25) is 0 Å². The monoisotopic (exact) mass is 300 g/mol. The molecule has 0 bridgehead atoms. The van der Waals surface area contributed by atoms with Gasteiger partial charge in [-0.2, -0.15) is 0 Å². The molecule has 0 amide bonds. The van der Waals surface area contributed by atoms with E-state index < -0.39 is 0 Å². The van der Waals surface area contributed by atoms with Crippen LogP contribution in [0.4, 0.5) is 4.39 Å². The Hall–Kier alpha value is -2.63. The minimum atomic E-state index is -0.356. The molecule has 0 spiro atoms. The van der Waals surface area contributed by atoms with Gasteiger partial charge in [-0.05, 0) is 31.0 Å². The largest absolute Gasteiger partial charge is 0.439 e. The maximum Gasteiger partial charge on any atom is 0.224 e. The average molecular weight is 300 g/mol. The number of aromatic nitrogens is 1. The number of benzene rings is 1. The Morgan fingerprint density at radius 1 is 1.36 bits per heavy atom. The van der Waals surface area contributed by atoms with Crippen LogP contribution < -0.4 is 15.8 Å². The van der Waals surface area contributed by atoms with Crippen LogP contribution in [-0.4, -0.2) is 17.0 Å². The van der Waals surface area contributed by atoms with E-state index in [1.54, 1.807) is 24.4 Å². The zero-order valence-electron chi connectivity index (χ0n) is 12.0. The molecular weight excluding hydrogens is 283 g/mol. The molecule has 1 aliphatic carbocycles. The number of nitrogens with one attached hydrogen (secondary N) is 1. The zero-order valence-corrected chi connectivity index (χ0v) is 12.0. The Kier molecular flexibility index (Phi) is 4.18. The fourth-order valence-electron chi connectivity index (χ4n) is 1.93. The van der Waals surface area contributed by atoms with Crippen molar-refractivity contribution < 1.29 is 9.13 Å². The smallest absolute Gasteiger partial charge is 0.224 e. The Labute approximate surface area is 128 Å². The number of guanidine groups is 1. The van der Waals surface area contributed by atoms with Gasteiger partial charge < -0.3 is 15.8 Å². The highest BCUT2D eigenvalue weighted by Gasteiger charge is 2.21. The normalized spacial score (nSPS) is 14.7. The molecule has 1 saturated carbocycles. The lowest BCUT2D eigenvalue weighted by Crippen LogP contribution is -2.33. The Morgan fingerprint density at radius 2 is 2.23 bits per heavy atom. The van der Waals surface area contributed by atoms with Crippen molar-refractivity contribution in [1.29, 1.82) is 0 Å². The van der Waals surface area contributed by atoms with Gasteiger partial charge in [-0.15, -0.1) is 0 Å². The van der Waals surface area contributed by atoms with Gasteiger partial charge >= 0.3 is 0 Å². The molecule has 22 heavy (non-hydrogen) atoms. The third kappa shape index (κ3) is 3.94. The van der Waals surface area contributed by atoms with E-state index >= 15 is 0 Å². The van der Waals surface area contributed by atoms with Crippen LogP contribution in [0.25, 0.3) is 0 Å². The van der Waals surface area contributed by atoms with E-state index in [2.05, 4.69) is 15.3 Å². The summed E-state index contributed by atoms with van der Waals surface area (Å²) in [5, 5.41) is 3.12. The predicted molar refractivity (Wildman–Crippen MR) is 82.2 cm³/mol. The summed E-state index contributed by atoms with van der Waals surface area (Å²) in [5.41, 5.74) is 6.60. The van der Waals surface area contributed by atoms with E-state index in [9.17, 15) is 4.39 Å². The van der Waals surface area contributed by atoms with Crippen molar-refractivity contribution in [2.24, 2.45) is 10.7 Å². The summed E-state index contributed by atoms with van der Waals surface area (Å²) in [6.45, 7) is 0.351. The average Bonchev–Trinajstić information content (AvgIpc) is 3.30. The molecule has 114 valence electrons. The SMILES string of the molecule is NC(=NCc1cccnc1Oc1cccc(F)c1)NC1CC1. The third-order valence-electron chi connectivity index (χ3n) is 3.21. The van der Waals surface area contributed by atoms with Gasteiger partial charge in [-0.25, -0.2) is 14.4 Å². The van der Waals surface area contributed by atoms with Crippen LogP contribution in [0, 0.1) is 5.82 Å². The number of rotatable bonds is 5. The van der Waals surface area contributed by atoms with E-state index in [4.69, 9.17) is 10.5 Å². The lowest BCUT2D eigenvalue weighted by molar-refractivity contribution is 0.452. The van der Waals surface area contributed by atoms with Gasteiger partial charge in [-0.1, -0.05) is 12.1 Å². The van der Waals surface area contributed by atoms with Crippen molar-refractivity contribution in [2.75, 3.05) is 0 Å². The molecule has 0 radical (unpaired) electrons. The molecule has 1 fully saturated rings. The first-order chi connectivity index (χ1) is 10.7. The molecule has 1 aliphatic rings. The van der Waals surface area contributed by atoms with Crippen LogP contribution in [0.3, 0.4) is 0 Å². The summed E-state index contributed by atoms with van der Waals surface area (Å²) in [6, 6.07) is 10.0. The van der Waals surface area contributed by atoms with Crippen LogP contribution in [-0.2, 0) is 6.54 Å². The van der Waals surface area contributed by atoms with Gasteiger partial charge in [0.2, 0.25) is 5.88 Å². The summed E-state index contributed by atoms with van der Waals surface area (Å²) in [5.74, 6) is 0.859. The number of ether oxygens (including phenoxy) is 1. The Balaban J connectivity index is 1.71. The number of hydrogen-bond donors (Lipinski definition) is 2. The summed E-state index contributed by atoms with van der Waals surface area (Å²) >= 11 is 0. The highest BCUT2D eigenvalue weighted by molar-refractivity contribution is 5.78. The molecule has 0 saturated heterocycles. The minimum Gasteiger partial charge on any atom is -0.439 e. The van der Waals surface area contributed by atoms with Gasteiger partial charge in [0.15, 0.2) is 5.96 Å². The van der Waals surface area contributed by atoms with Crippen LogP contribution in [0.1, 0.15) is 18.4 Å². The van der Waals surface area contributed by atoms with Crippen LogP contribution in [0.5, 0.6) is 11.6 Å². The quantitative estimate of drug-likeness (QED) is 0.657. The molecule has 6 heteroatoms. The number of aliphatic imine (C=N–C) groups is 1.